The maximum Gasteiger partial charge on any atom is 0.122 e. The average Bonchev–Trinajstić information content (AvgIpc) is 2.28. The number of hydrogen-bond donors (Lipinski definition) is 1. The molecule has 0 aliphatic heterocycles. The summed E-state index contributed by atoms with van der Waals surface area (Å²) in [7, 11) is 2.09. The molecule has 0 bridgehead atoms. The fraction of sp³-hybridized carbons (Fsp3) is 0.714. The summed E-state index contributed by atoms with van der Waals surface area (Å²) >= 11 is 0. The molecule has 17 heavy (non-hydrogen) atoms. The van der Waals surface area contributed by atoms with E-state index in [2.05, 4.69) is 11.9 Å². The smallest absolute Gasteiger partial charge is 0.122 e. The number of allylic oxidation sites excluding steroid dienone is 3. The molecule has 2 nitrogen and oxygen atoms in total. The molecule has 0 radical (unpaired) electrons. The molecule has 0 heterocycles. The van der Waals surface area contributed by atoms with Gasteiger partial charge in [-0.25, -0.2) is 4.39 Å². The van der Waals surface area contributed by atoms with Crippen molar-refractivity contribution in [2.24, 2.45) is 5.73 Å². The Balaban J connectivity index is 2.56. The van der Waals surface area contributed by atoms with Gasteiger partial charge in [-0.15, -0.1) is 0 Å². The molecule has 2 N–H and O–H groups in total. The second-order valence-electron chi connectivity index (χ2n) is 5.14. The normalized spacial score (nSPS) is 21.9. The van der Waals surface area contributed by atoms with Gasteiger partial charge in [-0.05, 0) is 45.9 Å². The summed E-state index contributed by atoms with van der Waals surface area (Å²) in [5.74, 6) is -0.236. The second-order valence-corrected chi connectivity index (χ2v) is 5.14. The molecule has 0 spiro atoms. The first-order valence-corrected chi connectivity index (χ1v) is 6.53. The van der Waals surface area contributed by atoms with Gasteiger partial charge >= 0.3 is 0 Å². The van der Waals surface area contributed by atoms with Crippen molar-refractivity contribution in [3.8, 4) is 0 Å². The minimum absolute atomic E-state index is 0.119. The van der Waals surface area contributed by atoms with Crippen LogP contribution in [0.25, 0.3) is 0 Å². The van der Waals surface area contributed by atoms with E-state index in [0.717, 1.165) is 0 Å². The first-order chi connectivity index (χ1) is 8.00. The zero-order valence-electron chi connectivity index (χ0n) is 11.2. The van der Waals surface area contributed by atoms with E-state index >= 15 is 0 Å². The van der Waals surface area contributed by atoms with Gasteiger partial charge in [0.05, 0.1) is 0 Å². The van der Waals surface area contributed by atoms with E-state index in [1.807, 2.05) is 6.92 Å². The van der Waals surface area contributed by atoms with Gasteiger partial charge in [-0.2, -0.15) is 0 Å². The molecule has 3 heteroatoms. The minimum atomic E-state index is -0.236. The van der Waals surface area contributed by atoms with E-state index < -0.39 is 0 Å². The first-order valence-electron chi connectivity index (χ1n) is 6.53. The highest BCUT2D eigenvalue weighted by Gasteiger charge is 2.20. The molecule has 0 amide bonds. The molecule has 1 atom stereocenters. The van der Waals surface area contributed by atoms with Gasteiger partial charge in [0.25, 0.3) is 0 Å². The predicted octanol–water partition coefficient (Wildman–Crippen LogP) is 3.36. The highest BCUT2D eigenvalue weighted by atomic mass is 19.1. The third-order valence-electron chi connectivity index (χ3n) is 3.56. The molecular weight excluding hydrogens is 215 g/mol. The van der Waals surface area contributed by atoms with Crippen LogP contribution >= 0.6 is 0 Å². The maximum absolute atomic E-state index is 13.5. The van der Waals surface area contributed by atoms with Crippen LogP contribution in [0.5, 0.6) is 0 Å². The zero-order chi connectivity index (χ0) is 12.8. The van der Waals surface area contributed by atoms with Crippen LogP contribution in [-0.4, -0.2) is 24.0 Å². The van der Waals surface area contributed by atoms with Crippen molar-refractivity contribution in [3.05, 3.63) is 23.7 Å². The van der Waals surface area contributed by atoms with Crippen LogP contribution in [0.4, 0.5) is 4.39 Å². The van der Waals surface area contributed by atoms with Crippen molar-refractivity contribution in [2.75, 3.05) is 7.05 Å². The van der Waals surface area contributed by atoms with Gasteiger partial charge in [0.1, 0.15) is 5.83 Å². The lowest BCUT2D eigenvalue weighted by Gasteiger charge is -2.34. The SMILES string of the molecule is C/C(N)=C\C(F)=C/C(C)N(C)C1CCCCC1. The highest BCUT2D eigenvalue weighted by molar-refractivity contribution is 5.16. The lowest BCUT2D eigenvalue weighted by atomic mass is 9.93. The summed E-state index contributed by atoms with van der Waals surface area (Å²) in [4.78, 5) is 2.28. The molecule has 0 aromatic heterocycles. The van der Waals surface area contributed by atoms with Crippen molar-refractivity contribution >= 4 is 0 Å². The highest BCUT2D eigenvalue weighted by Crippen LogP contribution is 2.23. The molecule has 0 saturated heterocycles. The Morgan fingerprint density at radius 1 is 1.35 bits per heavy atom. The van der Waals surface area contributed by atoms with Gasteiger partial charge < -0.3 is 5.73 Å². The molecule has 1 saturated carbocycles. The summed E-state index contributed by atoms with van der Waals surface area (Å²) in [5.41, 5.74) is 5.96. The van der Waals surface area contributed by atoms with E-state index in [-0.39, 0.29) is 11.9 Å². The van der Waals surface area contributed by atoms with Crippen LogP contribution in [0.3, 0.4) is 0 Å². The lowest BCUT2D eigenvalue weighted by Crippen LogP contribution is -2.38. The summed E-state index contributed by atoms with van der Waals surface area (Å²) in [6.07, 6.45) is 9.45. The Bertz CT molecular complexity index is 287. The van der Waals surface area contributed by atoms with Crippen molar-refractivity contribution in [2.45, 2.75) is 58.0 Å². The molecule has 1 rings (SSSR count). The van der Waals surface area contributed by atoms with Gasteiger partial charge in [0, 0.05) is 17.8 Å². The van der Waals surface area contributed by atoms with Gasteiger partial charge in [0.15, 0.2) is 0 Å². The Labute approximate surface area is 104 Å². The predicted molar refractivity (Wildman–Crippen MR) is 71.2 cm³/mol. The molecule has 1 unspecified atom stereocenters. The quantitative estimate of drug-likeness (QED) is 0.763. The van der Waals surface area contributed by atoms with Crippen LogP contribution < -0.4 is 5.73 Å². The fourth-order valence-electron chi connectivity index (χ4n) is 2.43. The molecule has 0 aromatic rings. The van der Waals surface area contributed by atoms with E-state index in [4.69, 9.17) is 5.73 Å². The monoisotopic (exact) mass is 240 g/mol. The third-order valence-corrected chi connectivity index (χ3v) is 3.56. The van der Waals surface area contributed by atoms with Gasteiger partial charge in [-0.3, -0.25) is 4.90 Å². The summed E-state index contributed by atoms with van der Waals surface area (Å²) < 4.78 is 13.5. The number of nitrogens with two attached hydrogens (primary N) is 1. The molecule has 1 aliphatic rings. The summed E-state index contributed by atoms with van der Waals surface area (Å²) in [6.45, 7) is 3.73. The van der Waals surface area contributed by atoms with E-state index in [1.54, 1.807) is 13.0 Å². The van der Waals surface area contributed by atoms with Crippen LogP contribution in [0, 0.1) is 0 Å². The number of likely N-dealkylation sites (N-methyl/N-ethyl adjacent to an activating group) is 1. The standard InChI is InChI=1S/C14H25FN2/c1-11(16)9-13(15)10-12(2)17(3)14-7-5-4-6-8-14/h9-10,12,14H,4-8,16H2,1-3H3/b11-9+,13-10+. The Kier molecular flexibility index (Phi) is 5.69. The molecular formula is C14H25FN2. The van der Waals surface area contributed by atoms with Crippen molar-refractivity contribution < 1.29 is 4.39 Å². The average molecular weight is 240 g/mol. The summed E-state index contributed by atoms with van der Waals surface area (Å²) in [5, 5.41) is 0. The van der Waals surface area contributed by atoms with Crippen LogP contribution in [0.2, 0.25) is 0 Å². The first kappa shape index (κ1) is 14.2. The number of hydrogen-bond acceptors (Lipinski definition) is 2. The Morgan fingerprint density at radius 2 is 1.94 bits per heavy atom. The molecule has 1 fully saturated rings. The van der Waals surface area contributed by atoms with Crippen molar-refractivity contribution in [1.82, 2.24) is 4.90 Å². The van der Waals surface area contributed by atoms with E-state index in [1.165, 1.54) is 38.2 Å². The Hall–Kier alpha value is -0.830. The Morgan fingerprint density at radius 3 is 2.47 bits per heavy atom. The van der Waals surface area contributed by atoms with Crippen molar-refractivity contribution in [1.29, 1.82) is 0 Å². The molecule has 98 valence electrons. The van der Waals surface area contributed by atoms with E-state index in [9.17, 15) is 4.39 Å². The fourth-order valence-corrected chi connectivity index (χ4v) is 2.43. The zero-order valence-corrected chi connectivity index (χ0v) is 11.2. The van der Waals surface area contributed by atoms with Gasteiger partial charge in [-0.1, -0.05) is 19.3 Å². The number of halogens is 1. The molecule has 0 aromatic carbocycles. The lowest BCUT2D eigenvalue weighted by molar-refractivity contribution is 0.167. The number of rotatable bonds is 4. The maximum atomic E-state index is 13.5. The topological polar surface area (TPSA) is 29.3 Å². The third kappa shape index (κ3) is 4.90. The largest absolute Gasteiger partial charge is 0.402 e. The minimum Gasteiger partial charge on any atom is -0.402 e. The van der Waals surface area contributed by atoms with Crippen LogP contribution in [0.15, 0.2) is 23.7 Å². The summed E-state index contributed by atoms with van der Waals surface area (Å²) in [6, 6.07) is 0.722. The van der Waals surface area contributed by atoms with Crippen LogP contribution in [0.1, 0.15) is 46.0 Å². The van der Waals surface area contributed by atoms with Crippen molar-refractivity contribution in [3.63, 3.8) is 0 Å². The second kappa shape index (κ2) is 6.80. The van der Waals surface area contributed by atoms with Gasteiger partial charge in [0.2, 0.25) is 0 Å². The van der Waals surface area contributed by atoms with E-state index in [0.29, 0.717) is 11.7 Å². The van der Waals surface area contributed by atoms with Crippen LogP contribution in [-0.2, 0) is 0 Å². The molecule has 1 aliphatic carbocycles. The number of nitrogens with zero attached hydrogens (tertiary/aromatic N) is 1.